The van der Waals surface area contributed by atoms with Crippen LogP contribution in [-0.2, 0) is 4.79 Å². The molecule has 2 amide bonds. The van der Waals surface area contributed by atoms with Gasteiger partial charge in [-0.05, 0) is 25.7 Å². The number of rotatable bonds is 4. The summed E-state index contributed by atoms with van der Waals surface area (Å²) in [7, 11) is 0. The predicted molar refractivity (Wildman–Crippen MR) is 70.9 cm³/mol. The van der Waals surface area contributed by atoms with Crippen molar-refractivity contribution in [1.82, 2.24) is 9.80 Å². The standard InChI is InChI=1S/C13H24N2O4/c1-10(2)7-15(8-11(16)17)12(18)14-6-4-5-13(3,19)9-14/h10,19H,4-9H2,1-3H3,(H,16,17). The number of amides is 2. The number of carboxylic acid groups (broad SMARTS) is 1. The molecule has 19 heavy (non-hydrogen) atoms. The lowest BCUT2D eigenvalue weighted by Gasteiger charge is -2.39. The number of carbonyl (C=O) groups is 2. The molecule has 0 spiro atoms. The lowest BCUT2D eigenvalue weighted by molar-refractivity contribution is -0.137. The van der Waals surface area contributed by atoms with Crippen LogP contribution in [0, 0.1) is 5.92 Å². The molecule has 110 valence electrons. The summed E-state index contributed by atoms with van der Waals surface area (Å²) in [5.41, 5.74) is -0.874. The van der Waals surface area contributed by atoms with Crippen LogP contribution in [0.25, 0.3) is 0 Å². The molecule has 0 aromatic heterocycles. The molecule has 0 aromatic carbocycles. The minimum absolute atomic E-state index is 0.202. The van der Waals surface area contributed by atoms with E-state index in [-0.39, 0.29) is 25.0 Å². The minimum atomic E-state index is -1.02. The van der Waals surface area contributed by atoms with Crippen molar-refractivity contribution < 1.29 is 19.8 Å². The number of nitrogens with zero attached hydrogens (tertiary/aromatic N) is 2. The SMILES string of the molecule is CC(C)CN(CC(=O)O)C(=O)N1CCCC(C)(O)C1. The molecule has 0 radical (unpaired) electrons. The number of likely N-dealkylation sites (tertiary alicyclic amines) is 1. The van der Waals surface area contributed by atoms with E-state index in [0.29, 0.717) is 19.5 Å². The van der Waals surface area contributed by atoms with Gasteiger partial charge in [0, 0.05) is 13.1 Å². The third-order valence-electron chi connectivity index (χ3n) is 3.13. The predicted octanol–water partition coefficient (Wildman–Crippen LogP) is 0.996. The van der Waals surface area contributed by atoms with E-state index in [1.807, 2.05) is 13.8 Å². The van der Waals surface area contributed by atoms with Gasteiger partial charge in [0.05, 0.1) is 12.1 Å². The van der Waals surface area contributed by atoms with Crippen molar-refractivity contribution in [3.05, 3.63) is 0 Å². The van der Waals surface area contributed by atoms with Crippen LogP contribution in [0.3, 0.4) is 0 Å². The van der Waals surface area contributed by atoms with Gasteiger partial charge in [0.25, 0.3) is 0 Å². The Kier molecular flexibility index (Phi) is 5.17. The third kappa shape index (κ3) is 5.06. The number of β-amino-alcohol motifs (C(OH)–C–C–N with tert-alkyl or cyclic N) is 1. The van der Waals surface area contributed by atoms with Crippen molar-refractivity contribution in [1.29, 1.82) is 0 Å². The van der Waals surface area contributed by atoms with E-state index in [1.54, 1.807) is 11.8 Å². The monoisotopic (exact) mass is 272 g/mol. The summed E-state index contributed by atoms with van der Waals surface area (Å²) in [6.45, 7) is 6.53. The molecule has 6 heteroatoms. The van der Waals surface area contributed by atoms with E-state index in [1.165, 1.54) is 4.90 Å². The van der Waals surface area contributed by atoms with Gasteiger partial charge in [-0.15, -0.1) is 0 Å². The number of hydrogen-bond acceptors (Lipinski definition) is 3. The van der Waals surface area contributed by atoms with Crippen LogP contribution in [0.4, 0.5) is 4.79 Å². The van der Waals surface area contributed by atoms with Gasteiger partial charge in [-0.2, -0.15) is 0 Å². The molecule has 6 nitrogen and oxygen atoms in total. The molecule has 0 aromatic rings. The number of carbonyl (C=O) groups excluding carboxylic acids is 1. The van der Waals surface area contributed by atoms with Gasteiger partial charge < -0.3 is 20.0 Å². The van der Waals surface area contributed by atoms with Crippen LogP contribution in [0.2, 0.25) is 0 Å². The Balaban J connectivity index is 2.72. The Morgan fingerprint density at radius 2 is 2.05 bits per heavy atom. The Hall–Kier alpha value is -1.30. The molecule has 1 atom stereocenters. The van der Waals surface area contributed by atoms with Crippen molar-refractivity contribution in [3.8, 4) is 0 Å². The van der Waals surface area contributed by atoms with E-state index in [9.17, 15) is 14.7 Å². The van der Waals surface area contributed by atoms with Gasteiger partial charge >= 0.3 is 12.0 Å². The summed E-state index contributed by atoms with van der Waals surface area (Å²) in [4.78, 5) is 26.1. The molecule has 0 aliphatic carbocycles. The molecule has 1 aliphatic rings. The first kappa shape index (κ1) is 15.8. The molecule has 1 unspecified atom stereocenters. The highest BCUT2D eigenvalue weighted by Crippen LogP contribution is 2.21. The molecule has 1 rings (SSSR count). The van der Waals surface area contributed by atoms with Gasteiger partial charge in [0.15, 0.2) is 0 Å². The number of carboxylic acids is 1. The maximum absolute atomic E-state index is 12.3. The fraction of sp³-hybridized carbons (Fsp3) is 0.846. The molecule has 1 saturated heterocycles. The molecular weight excluding hydrogens is 248 g/mol. The smallest absolute Gasteiger partial charge is 0.323 e. The highest BCUT2D eigenvalue weighted by Gasteiger charge is 2.33. The van der Waals surface area contributed by atoms with Crippen molar-refractivity contribution in [2.24, 2.45) is 5.92 Å². The largest absolute Gasteiger partial charge is 0.480 e. The first-order valence-electron chi connectivity index (χ1n) is 6.69. The fourth-order valence-corrected chi connectivity index (χ4v) is 2.40. The molecule has 0 bridgehead atoms. The van der Waals surface area contributed by atoms with Crippen molar-refractivity contribution in [2.75, 3.05) is 26.2 Å². The lowest BCUT2D eigenvalue weighted by Crippen LogP contribution is -2.54. The first-order valence-corrected chi connectivity index (χ1v) is 6.69. The molecule has 1 aliphatic heterocycles. The fourth-order valence-electron chi connectivity index (χ4n) is 2.40. The summed E-state index contributed by atoms with van der Waals surface area (Å²) < 4.78 is 0. The van der Waals surface area contributed by atoms with Crippen LogP contribution in [0.1, 0.15) is 33.6 Å². The normalized spacial score (nSPS) is 23.5. The molecular formula is C13H24N2O4. The van der Waals surface area contributed by atoms with Gasteiger partial charge in [-0.3, -0.25) is 4.79 Å². The number of aliphatic carboxylic acids is 1. The lowest BCUT2D eigenvalue weighted by atomic mass is 9.95. The van der Waals surface area contributed by atoms with Crippen LogP contribution < -0.4 is 0 Å². The van der Waals surface area contributed by atoms with Crippen molar-refractivity contribution in [2.45, 2.75) is 39.2 Å². The molecule has 0 saturated carbocycles. The third-order valence-corrected chi connectivity index (χ3v) is 3.13. The Morgan fingerprint density at radius 1 is 1.42 bits per heavy atom. The van der Waals surface area contributed by atoms with E-state index in [0.717, 1.165) is 6.42 Å². The van der Waals surface area contributed by atoms with Gasteiger partial charge in [-0.1, -0.05) is 13.8 Å². The van der Waals surface area contributed by atoms with E-state index in [2.05, 4.69) is 0 Å². The van der Waals surface area contributed by atoms with Crippen LogP contribution in [0.15, 0.2) is 0 Å². The van der Waals surface area contributed by atoms with Crippen molar-refractivity contribution >= 4 is 12.0 Å². The van der Waals surface area contributed by atoms with Crippen LogP contribution in [-0.4, -0.2) is 63.8 Å². The average molecular weight is 272 g/mol. The highest BCUT2D eigenvalue weighted by atomic mass is 16.4. The van der Waals surface area contributed by atoms with Gasteiger partial charge in [0.2, 0.25) is 0 Å². The summed E-state index contributed by atoms with van der Waals surface area (Å²) in [5, 5.41) is 18.9. The summed E-state index contributed by atoms with van der Waals surface area (Å²) in [6.07, 6.45) is 1.40. The van der Waals surface area contributed by atoms with Crippen LogP contribution >= 0.6 is 0 Å². The van der Waals surface area contributed by atoms with E-state index >= 15 is 0 Å². The number of piperidine rings is 1. The maximum atomic E-state index is 12.3. The summed E-state index contributed by atoms with van der Waals surface area (Å²) in [6, 6.07) is -0.295. The first-order chi connectivity index (χ1) is 8.71. The number of hydrogen-bond donors (Lipinski definition) is 2. The second kappa shape index (κ2) is 6.23. The zero-order valence-electron chi connectivity index (χ0n) is 11.9. The van der Waals surface area contributed by atoms with Crippen molar-refractivity contribution in [3.63, 3.8) is 0 Å². The number of aliphatic hydroxyl groups is 1. The zero-order valence-corrected chi connectivity index (χ0v) is 11.9. The molecule has 1 fully saturated rings. The van der Waals surface area contributed by atoms with E-state index in [4.69, 9.17) is 5.11 Å². The second-order valence-corrected chi connectivity index (χ2v) is 5.97. The maximum Gasteiger partial charge on any atom is 0.323 e. The second-order valence-electron chi connectivity index (χ2n) is 5.97. The number of urea groups is 1. The summed E-state index contributed by atoms with van der Waals surface area (Å²) in [5.74, 6) is -0.814. The molecule has 1 heterocycles. The topological polar surface area (TPSA) is 81.1 Å². The average Bonchev–Trinajstić information content (AvgIpc) is 2.24. The summed E-state index contributed by atoms with van der Waals surface area (Å²) >= 11 is 0. The van der Waals surface area contributed by atoms with E-state index < -0.39 is 11.6 Å². The minimum Gasteiger partial charge on any atom is -0.480 e. The Morgan fingerprint density at radius 3 is 2.53 bits per heavy atom. The quantitative estimate of drug-likeness (QED) is 0.800. The zero-order chi connectivity index (χ0) is 14.6. The Labute approximate surface area is 114 Å². The Bertz CT molecular complexity index is 342. The van der Waals surface area contributed by atoms with Gasteiger partial charge in [0.1, 0.15) is 6.54 Å². The molecule has 2 N–H and O–H groups in total. The van der Waals surface area contributed by atoms with Crippen LogP contribution in [0.5, 0.6) is 0 Å². The van der Waals surface area contributed by atoms with Gasteiger partial charge in [-0.25, -0.2) is 4.79 Å². The highest BCUT2D eigenvalue weighted by molar-refractivity contribution is 5.80.